The molecule has 0 saturated carbocycles. The van der Waals surface area contributed by atoms with Crippen molar-refractivity contribution in [2.24, 2.45) is 5.73 Å². The Morgan fingerprint density at radius 2 is 1.97 bits per heavy atom. The van der Waals surface area contributed by atoms with Crippen LogP contribution in [0.5, 0.6) is 11.5 Å². The number of methoxy groups -OCH3 is 2. The number of H-pyrrole nitrogens is 1. The predicted molar refractivity (Wildman–Crippen MR) is 118 cm³/mol. The minimum absolute atomic E-state index is 0.121. The maximum atomic E-state index is 11.0. The molecule has 1 aliphatic heterocycles. The molecule has 1 fully saturated rings. The molecule has 31 heavy (non-hydrogen) atoms. The van der Waals surface area contributed by atoms with Crippen LogP contribution in [0.25, 0.3) is 0 Å². The summed E-state index contributed by atoms with van der Waals surface area (Å²) in [4.78, 5) is 11.0. The van der Waals surface area contributed by atoms with Crippen LogP contribution in [-0.4, -0.2) is 43.0 Å². The van der Waals surface area contributed by atoms with E-state index >= 15 is 0 Å². The number of nitrogens with two attached hydrogens (primary N) is 1. The molecule has 1 unspecified atom stereocenters. The van der Waals surface area contributed by atoms with Crippen LogP contribution in [0.15, 0.2) is 18.2 Å². The summed E-state index contributed by atoms with van der Waals surface area (Å²) in [6.07, 6.45) is 6.21. The molecule has 0 radical (unpaired) electrons. The second-order valence-electron chi connectivity index (χ2n) is 7.89. The summed E-state index contributed by atoms with van der Waals surface area (Å²) in [5.74, 6) is 0.931. The van der Waals surface area contributed by atoms with Crippen molar-refractivity contribution in [3.63, 3.8) is 0 Å². The fourth-order valence-electron chi connectivity index (χ4n) is 4.56. The molecule has 1 saturated heterocycles. The summed E-state index contributed by atoms with van der Waals surface area (Å²) in [6.45, 7) is 0.569. The van der Waals surface area contributed by atoms with Gasteiger partial charge in [0.25, 0.3) is 0 Å². The van der Waals surface area contributed by atoms with Gasteiger partial charge >= 0.3 is 0 Å². The minimum atomic E-state index is -0.471. The molecule has 7 nitrogen and oxygen atoms in total. The second kappa shape index (κ2) is 9.10. The summed E-state index contributed by atoms with van der Waals surface area (Å²) in [6, 6.07) is 1.71. The van der Waals surface area contributed by atoms with Crippen molar-refractivity contribution < 1.29 is 19.0 Å². The summed E-state index contributed by atoms with van der Waals surface area (Å²) in [7, 11) is 3.15. The van der Waals surface area contributed by atoms with E-state index in [1.807, 2.05) is 0 Å². The van der Waals surface area contributed by atoms with E-state index in [4.69, 9.17) is 43.1 Å². The Morgan fingerprint density at radius 3 is 2.61 bits per heavy atom. The third-order valence-corrected chi connectivity index (χ3v) is 6.86. The first-order chi connectivity index (χ1) is 14.9. The average molecular weight is 466 g/mol. The molecular weight excluding hydrogens is 441 g/mol. The number of benzene rings is 1. The highest BCUT2D eigenvalue weighted by Crippen LogP contribution is 2.47. The van der Waals surface area contributed by atoms with Gasteiger partial charge in [-0.2, -0.15) is 5.10 Å². The van der Waals surface area contributed by atoms with Crippen LogP contribution in [0.1, 0.15) is 47.2 Å². The number of amides is 1. The van der Waals surface area contributed by atoms with Gasteiger partial charge in [0.1, 0.15) is 11.5 Å². The Balaban J connectivity index is 1.56. The normalized spacial score (nSPS) is 23.2. The van der Waals surface area contributed by atoms with Crippen molar-refractivity contribution in [3.05, 3.63) is 50.8 Å². The summed E-state index contributed by atoms with van der Waals surface area (Å²) in [5, 5.41) is 8.88. The molecule has 0 bridgehead atoms. The van der Waals surface area contributed by atoms with Crippen molar-refractivity contribution in [2.75, 3.05) is 20.8 Å². The highest BCUT2D eigenvalue weighted by molar-refractivity contribution is 6.38. The fourth-order valence-corrected chi connectivity index (χ4v) is 5.37. The van der Waals surface area contributed by atoms with Gasteiger partial charge in [0, 0.05) is 29.3 Å². The summed E-state index contributed by atoms with van der Waals surface area (Å²) >= 11 is 13.3. The van der Waals surface area contributed by atoms with Crippen molar-refractivity contribution >= 4 is 29.1 Å². The topological polar surface area (TPSA) is 99.5 Å². The minimum Gasteiger partial charge on any atom is -0.495 e. The zero-order valence-electron chi connectivity index (χ0n) is 17.4. The maximum Gasteiger partial charge on any atom is 0.241 e. The van der Waals surface area contributed by atoms with Crippen LogP contribution < -0.4 is 15.2 Å². The van der Waals surface area contributed by atoms with Gasteiger partial charge < -0.3 is 19.9 Å². The van der Waals surface area contributed by atoms with Gasteiger partial charge in [-0.25, -0.2) is 0 Å². The first-order valence-corrected chi connectivity index (χ1v) is 10.9. The van der Waals surface area contributed by atoms with Crippen LogP contribution >= 0.6 is 23.2 Å². The number of carbonyl (C=O) groups is 1. The molecule has 9 heteroatoms. The maximum absolute atomic E-state index is 11.0. The smallest absolute Gasteiger partial charge is 0.241 e. The Labute approximate surface area is 190 Å². The Kier molecular flexibility index (Phi) is 6.46. The molecule has 2 aromatic rings. The lowest BCUT2D eigenvalue weighted by Gasteiger charge is -2.26. The molecule has 1 aromatic heterocycles. The van der Waals surface area contributed by atoms with Crippen molar-refractivity contribution in [2.45, 2.75) is 43.6 Å². The predicted octanol–water partition coefficient (Wildman–Crippen LogP) is 3.92. The van der Waals surface area contributed by atoms with Crippen LogP contribution in [0.2, 0.25) is 10.0 Å². The molecule has 0 spiro atoms. The number of nitrogens with zero attached hydrogens (tertiary/aromatic N) is 1. The van der Waals surface area contributed by atoms with E-state index in [1.54, 1.807) is 26.4 Å². The number of aromatic amines is 1. The molecule has 3 N–H and O–H groups in total. The van der Waals surface area contributed by atoms with Gasteiger partial charge in [0.2, 0.25) is 5.91 Å². The fraction of sp³-hybridized carbons (Fsp3) is 0.455. The van der Waals surface area contributed by atoms with E-state index in [0.29, 0.717) is 28.2 Å². The van der Waals surface area contributed by atoms with Gasteiger partial charge in [0.05, 0.1) is 42.7 Å². The zero-order chi connectivity index (χ0) is 22.1. The average Bonchev–Trinajstić information content (AvgIpc) is 3.39. The number of ether oxygens (including phenoxy) is 3. The van der Waals surface area contributed by atoms with Gasteiger partial charge in [-0.3, -0.25) is 9.89 Å². The summed E-state index contributed by atoms with van der Waals surface area (Å²) < 4.78 is 16.6. The summed E-state index contributed by atoms with van der Waals surface area (Å²) in [5.41, 5.74) is 9.41. The number of rotatable bonds is 6. The van der Waals surface area contributed by atoms with Crippen LogP contribution in [0, 0.1) is 0 Å². The molecule has 2 aliphatic rings. The Morgan fingerprint density at radius 1 is 1.26 bits per heavy atom. The van der Waals surface area contributed by atoms with E-state index in [0.717, 1.165) is 42.6 Å². The molecule has 3 atom stereocenters. The molecule has 1 aromatic carbocycles. The van der Waals surface area contributed by atoms with Gasteiger partial charge in [-0.1, -0.05) is 29.3 Å². The van der Waals surface area contributed by atoms with Crippen molar-refractivity contribution in [1.29, 1.82) is 0 Å². The number of fused-ring (bicyclic) bond motifs is 1. The lowest BCUT2D eigenvalue weighted by molar-refractivity contribution is -0.113. The first kappa shape index (κ1) is 22.0. The standard InChI is InChI=1S/C22H25Cl2N3O4/c1-29-16-9-17(30-2)21(24)19(20(16)23)11-3-5-14-15(8-11)26-27-22(14)12-7-13(31-10-12)4-6-18(25)28/h4,6,9,11-13H,3,5,7-8,10H2,1-2H3,(H2,25,28)(H,26,27)/t11-,12-,13?/m1/s1. The number of primary amides is 1. The third kappa shape index (κ3) is 4.27. The van der Waals surface area contributed by atoms with Crippen LogP contribution in [-0.2, 0) is 22.4 Å². The molecular formula is C22H25Cl2N3O4. The number of nitrogens with one attached hydrogen (secondary N) is 1. The molecule has 1 amide bonds. The zero-order valence-corrected chi connectivity index (χ0v) is 18.9. The van der Waals surface area contributed by atoms with Gasteiger partial charge in [0.15, 0.2) is 0 Å². The number of aromatic nitrogens is 2. The number of halogens is 2. The molecule has 1 aliphatic carbocycles. The van der Waals surface area contributed by atoms with Crippen molar-refractivity contribution in [3.8, 4) is 11.5 Å². The third-order valence-electron chi connectivity index (χ3n) is 6.08. The van der Waals surface area contributed by atoms with E-state index in [-0.39, 0.29) is 17.9 Å². The highest BCUT2D eigenvalue weighted by atomic mass is 35.5. The van der Waals surface area contributed by atoms with E-state index in [9.17, 15) is 4.79 Å². The molecule has 4 rings (SSSR count). The largest absolute Gasteiger partial charge is 0.495 e. The first-order valence-electron chi connectivity index (χ1n) is 10.2. The highest BCUT2D eigenvalue weighted by Gasteiger charge is 2.34. The van der Waals surface area contributed by atoms with Crippen molar-refractivity contribution in [1.82, 2.24) is 10.2 Å². The van der Waals surface area contributed by atoms with Crippen LogP contribution in [0.4, 0.5) is 0 Å². The lowest BCUT2D eigenvalue weighted by Crippen LogP contribution is -2.15. The number of carbonyl (C=O) groups excluding carboxylic acids is 1. The second-order valence-corrected chi connectivity index (χ2v) is 8.65. The van der Waals surface area contributed by atoms with E-state index in [2.05, 4.69) is 10.2 Å². The Hall–Kier alpha value is -2.22. The number of hydrogen-bond donors (Lipinski definition) is 2. The quantitative estimate of drug-likeness (QED) is 0.629. The van der Waals surface area contributed by atoms with E-state index in [1.165, 1.54) is 11.6 Å². The monoisotopic (exact) mass is 465 g/mol. The molecule has 166 valence electrons. The van der Waals surface area contributed by atoms with Gasteiger partial charge in [-0.05, 0) is 37.2 Å². The number of hydrogen-bond acceptors (Lipinski definition) is 5. The lowest BCUT2D eigenvalue weighted by atomic mass is 9.80. The SMILES string of the molecule is COc1cc(OC)c(Cl)c([C@@H]2CCc3c([C@H]4COC(C=CC(N)=O)C4)n[nH]c3C2)c1Cl. The van der Waals surface area contributed by atoms with Crippen LogP contribution in [0.3, 0.4) is 0 Å². The van der Waals surface area contributed by atoms with E-state index < -0.39 is 5.91 Å². The van der Waals surface area contributed by atoms with Gasteiger partial charge in [-0.15, -0.1) is 0 Å². The Bertz CT molecular complexity index is 992. The molecule has 2 heterocycles.